The number of hydrogen-bond donors (Lipinski definition) is 2. The Labute approximate surface area is 124 Å². The molecule has 0 saturated carbocycles. The van der Waals surface area contributed by atoms with Crippen LogP contribution in [0.2, 0.25) is 0 Å². The number of hydrogen-bond acceptors (Lipinski definition) is 6. The van der Waals surface area contributed by atoms with Crippen LogP contribution in [0.15, 0.2) is 18.2 Å². The molecule has 0 radical (unpaired) electrons. The number of non-ortho nitro benzene ring substituents is 1. The SMILES string of the molecule is CCC1CN(Cc2cc([N+](=O)[O-])ccc2NN)CCN1C. The maximum atomic E-state index is 10.9. The van der Waals surface area contributed by atoms with E-state index in [0.29, 0.717) is 12.6 Å². The van der Waals surface area contributed by atoms with E-state index in [9.17, 15) is 10.1 Å². The van der Waals surface area contributed by atoms with Gasteiger partial charge in [0.2, 0.25) is 0 Å². The Kier molecular flexibility index (Phi) is 5.11. The molecule has 1 aromatic rings. The van der Waals surface area contributed by atoms with Crippen molar-refractivity contribution in [2.45, 2.75) is 25.9 Å². The van der Waals surface area contributed by atoms with Gasteiger partial charge in [-0.1, -0.05) is 6.92 Å². The van der Waals surface area contributed by atoms with Gasteiger partial charge in [-0.05, 0) is 25.1 Å². The average molecular weight is 293 g/mol. The van der Waals surface area contributed by atoms with E-state index in [1.165, 1.54) is 6.07 Å². The molecule has 1 aliphatic heterocycles. The fourth-order valence-corrected chi connectivity index (χ4v) is 2.80. The predicted octanol–water partition coefficient (Wildman–Crippen LogP) is 1.41. The van der Waals surface area contributed by atoms with Gasteiger partial charge in [-0.15, -0.1) is 0 Å². The minimum Gasteiger partial charge on any atom is -0.324 e. The van der Waals surface area contributed by atoms with Crippen LogP contribution in [0, 0.1) is 10.1 Å². The second kappa shape index (κ2) is 6.84. The first-order valence-electron chi connectivity index (χ1n) is 7.21. The summed E-state index contributed by atoms with van der Waals surface area (Å²) in [6.07, 6.45) is 1.10. The number of hydrazine groups is 1. The van der Waals surface area contributed by atoms with Crippen molar-refractivity contribution >= 4 is 11.4 Å². The third-order valence-corrected chi connectivity index (χ3v) is 4.18. The highest BCUT2D eigenvalue weighted by Gasteiger charge is 2.23. The Balaban J connectivity index is 2.14. The molecule has 1 heterocycles. The van der Waals surface area contributed by atoms with Crippen molar-refractivity contribution in [2.75, 3.05) is 32.1 Å². The Bertz CT molecular complexity index is 508. The molecule has 0 aromatic heterocycles. The van der Waals surface area contributed by atoms with Crippen molar-refractivity contribution in [3.63, 3.8) is 0 Å². The Morgan fingerprint density at radius 3 is 2.86 bits per heavy atom. The largest absolute Gasteiger partial charge is 0.324 e. The summed E-state index contributed by atoms with van der Waals surface area (Å²) in [6.45, 7) is 5.80. The van der Waals surface area contributed by atoms with E-state index in [1.807, 2.05) is 0 Å². The number of nitrogens with two attached hydrogens (primary N) is 1. The lowest BCUT2D eigenvalue weighted by molar-refractivity contribution is -0.384. The number of nitro groups is 1. The summed E-state index contributed by atoms with van der Waals surface area (Å²) in [5, 5.41) is 10.9. The van der Waals surface area contributed by atoms with Crippen LogP contribution < -0.4 is 11.3 Å². The number of nitrogen functional groups attached to an aromatic ring is 1. The molecule has 116 valence electrons. The lowest BCUT2D eigenvalue weighted by Crippen LogP contribution is -2.50. The summed E-state index contributed by atoms with van der Waals surface area (Å²) < 4.78 is 0. The maximum Gasteiger partial charge on any atom is 0.269 e. The van der Waals surface area contributed by atoms with Gasteiger partial charge in [0, 0.05) is 44.4 Å². The molecule has 1 saturated heterocycles. The molecule has 0 aliphatic carbocycles. The van der Waals surface area contributed by atoms with Crippen LogP contribution in [-0.2, 0) is 6.54 Å². The summed E-state index contributed by atoms with van der Waals surface area (Å²) in [7, 11) is 2.14. The van der Waals surface area contributed by atoms with Gasteiger partial charge in [0.25, 0.3) is 5.69 Å². The first-order chi connectivity index (χ1) is 10.0. The zero-order chi connectivity index (χ0) is 15.4. The van der Waals surface area contributed by atoms with Crippen molar-refractivity contribution in [3.05, 3.63) is 33.9 Å². The number of nitro benzene ring substituents is 1. The van der Waals surface area contributed by atoms with E-state index in [-0.39, 0.29) is 10.6 Å². The van der Waals surface area contributed by atoms with Gasteiger partial charge in [-0.25, -0.2) is 0 Å². The highest BCUT2D eigenvalue weighted by atomic mass is 16.6. The number of nitrogens with zero attached hydrogens (tertiary/aromatic N) is 3. The van der Waals surface area contributed by atoms with E-state index in [1.54, 1.807) is 12.1 Å². The number of likely N-dealkylation sites (N-methyl/N-ethyl adjacent to an activating group) is 1. The molecule has 3 N–H and O–H groups in total. The van der Waals surface area contributed by atoms with Crippen LogP contribution in [0.4, 0.5) is 11.4 Å². The Morgan fingerprint density at radius 1 is 1.48 bits per heavy atom. The Morgan fingerprint density at radius 2 is 2.24 bits per heavy atom. The minimum atomic E-state index is -0.372. The molecule has 1 atom stereocenters. The summed E-state index contributed by atoms with van der Waals surface area (Å²) in [5.41, 5.74) is 4.34. The van der Waals surface area contributed by atoms with Crippen molar-refractivity contribution in [1.82, 2.24) is 9.80 Å². The standard InChI is InChI=1S/C14H23N5O2/c1-3-12-10-18(7-6-17(12)2)9-11-8-13(19(20)21)4-5-14(11)16-15/h4-5,8,12,16H,3,6-7,9-10,15H2,1-2H3. The molecule has 0 amide bonds. The van der Waals surface area contributed by atoms with E-state index in [0.717, 1.165) is 37.3 Å². The number of anilines is 1. The molecule has 1 aromatic carbocycles. The zero-order valence-electron chi connectivity index (χ0n) is 12.6. The highest BCUT2D eigenvalue weighted by molar-refractivity contribution is 5.55. The highest BCUT2D eigenvalue weighted by Crippen LogP contribution is 2.24. The number of piperazine rings is 1. The lowest BCUT2D eigenvalue weighted by atomic mass is 10.1. The molecule has 1 fully saturated rings. The third-order valence-electron chi connectivity index (χ3n) is 4.18. The van der Waals surface area contributed by atoms with E-state index < -0.39 is 0 Å². The van der Waals surface area contributed by atoms with Crippen molar-refractivity contribution in [3.8, 4) is 0 Å². The van der Waals surface area contributed by atoms with Gasteiger partial charge in [-0.2, -0.15) is 0 Å². The normalized spacial score (nSPS) is 20.4. The second-order valence-corrected chi connectivity index (χ2v) is 5.52. The third kappa shape index (κ3) is 3.69. The van der Waals surface area contributed by atoms with Gasteiger partial charge in [0.05, 0.1) is 10.6 Å². The molecule has 2 rings (SSSR count). The van der Waals surface area contributed by atoms with Crippen LogP contribution in [0.1, 0.15) is 18.9 Å². The van der Waals surface area contributed by atoms with E-state index in [2.05, 4.69) is 29.2 Å². The first kappa shape index (κ1) is 15.7. The number of nitrogens with one attached hydrogen (secondary N) is 1. The monoisotopic (exact) mass is 293 g/mol. The van der Waals surface area contributed by atoms with Crippen LogP contribution in [0.3, 0.4) is 0 Å². The molecule has 1 aliphatic rings. The van der Waals surface area contributed by atoms with Gasteiger partial charge in [-0.3, -0.25) is 20.9 Å². The smallest absolute Gasteiger partial charge is 0.269 e. The quantitative estimate of drug-likeness (QED) is 0.485. The fraction of sp³-hybridized carbons (Fsp3) is 0.571. The zero-order valence-corrected chi connectivity index (χ0v) is 12.6. The summed E-state index contributed by atoms with van der Waals surface area (Å²) in [6, 6.07) is 5.28. The summed E-state index contributed by atoms with van der Waals surface area (Å²) >= 11 is 0. The predicted molar refractivity (Wildman–Crippen MR) is 82.9 cm³/mol. The lowest BCUT2D eigenvalue weighted by Gasteiger charge is -2.39. The minimum absolute atomic E-state index is 0.102. The number of rotatable bonds is 5. The molecule has 1 unspecified atom stereocenters. The van der Waals surface area contributed by atoms with Crippen molar-refractivity contribution < 1.29 is 4.92 Å². The molecular weight excluding hydrogens is 270 g/mol. The van der Waals surface area contributed by atoms with Crippen LogP contribution in [-0.4, -0.2) is 47.4 Å². The van der Waals surface area contributed by atoms with Gasteiger partial charge < -0.3 is 10.3 Å². The summed E-state index contributed by atoms with van der Waals surface area (Å²) in [5.74, 6) is 5.51. The first-order valence-corrected chi connectivity index (χ1v) is 7.21. The topological polar surface area (TPSA) is 87.7 Å². The van der Waals surface area contributed by atoms with Gasteiger partial charge in [0.1, 0.15) is 0 Å². The Hall–Kier alpha value is -1.70. The average Bonchev–Trinajstić information content (AvgIpc) is 2.49. The molecule has 21 heavy (non-hydrogen) atoms. The second-order valence-electron chi connectivity index (χ2n) is 5.52. The van der Waals surface area contributed by atoms with Crippen molar-refractivity contribution in [1.29, 1.82) is 0 Å². The molecule has 7 nitrogen and oxygen atoms in total. The summed E-state index contributed by atoms with van der Waals surface area (Å²) in [4.78, 5) is 15.2. The van der Waals surface area contributed by atoms with Gasteiger partial charge in [0.15, 0.2) is 0 Å². The van der Waals surface area contributed by atoms with Crippen LogP contribution >= 0.6 is 0 Å². The van der Waals surface area contributed by atoms with E-state index >= 15 is 0 Å². The molecule has 0 bridgehead atoms. The fourth-order valence-electron chi connectivity index (χ4n) is 2.80. The maximum absolute atomic E-state index is 10.9. The van der Waals surface area contributed by atoms with Crippen molar-refractivity contribution in [2.24, 2.45) is 5.84 Å². The molecule has 7 heteroatoms. The van der Waals surface area contributed by atoms with Gasteiger partial charge >= 0.3 is 0 Å². The number of benzene rings is 1. The molecule has 0 spiro atoms. The van der Waals surface area contributed by atoms with Crippen LogP contribution in [0.5, 0.6) is 0 Å². The van der Waals surface area contributed by atoms with E-state index in [4.69, 9.17) is 5.84 Å². The van der Waals surface area contributed by atoms with Crippen LogP contribution in [0.25, 0.3) is 0 Å². The molecular formula is C14H23N5O2.